The first-order chi connectivity index (χ1) is 11.2. The van der Waals surface area contributed by atoms with Gasteiger partial charge in [-0.05, 0) is 53.6 Å². The highest BCUT2D eigenvalue weighted by Gasteiger charge is 2.15. The quantitative estimate of drug-likeness (QED) is 0.849. The Morgan fingerprint density at radius 3 is 2.83 bits per heavy atom. The van der Waals surface area contributed by atoms with Crippen LogP contribution in [0.4, 0.5) is 5.69 Å². The van der Waals surface area contributed by atoms with E-state index in [1.807, 2.05) is 12.4 Å². The molecule has 3 nitrogen and oxygen atoms in total. The third kappa shape index (κ3) is 2.96. The summed E-state index contributed by atoms with van der Waals surface area (Å²) in [6.07, 6.45) is 4.00. The monoisotopic (exact) mass is 367 g/mol. The van der Waals surface area contributed by atoms with Crippen LogP contribution in [0.15, 0.2) is 52.1 Å². The fraction of sp³-hybridized carbons (Fsp3) is 0.211. The lowest BCUT2D eigenvalue weighted by molar-refractivity contribution is 0.353. The molecule has 0 unspecified atom stereocenters. The molecule has 2 aromatic rings. The Labute approximate surface area is 144 Å². The predicted octanol–water partition coefficient (Wildman–Crippen LogP) is 4.43. The largest absolute Gasteiger partial charge is 0.361 e. The summed E-state index contributed by atoms with van der Waals surface area (Å²) in [6.45, 7) is 2.83. The van der Waals surface area contributed by atoms with Crippen LogP contribution >= 0.6 is 15.9 Å². The zero-order chi connectivity index (χ0) is 15.8. The van der Waals surface area contributed by atoms with Crippen LogP contribution in [0.3, 0.4) is 0 Å². The van der Waals surface area contributed by atoms with E-state index in [0.29, 0.717) is 0 Å². The fourth-order valence-corrected chi connectivity index (χ4v) is 3.56. The van der Waals surface area contributed by atoms with Crippen LogP contribution in [-0.4, -0.2) is 18.2 Å². The van der Waals surface area contributed by atoms with E-state index < -0.39 is 0 Å². The molecule has 0 aromatic heterocycles. The first-order valence-electron chi connectivity index (χ1n) is 7.75. The smallest absolute Gasteiger partial charge is 0.0646 e. The van der Waals surface area contributed by atoms with Gasteiger partial charge in [-0.15, -0.1) is 0 Å². The molecule has 0 saturated carbocycles. The molecular formula is C19H18BrN3. The van der Waals surface area contributed by atoms with Gasteiger partial charge in [0.15, 0.2) is 0 Å². The lowest BCUT2D eigenvalue weighted by atomic mass is 9.99. The molecule has 23 heavy (non-hydrogen) atoms. The maximum Gasteiger partial charge on any atom is 0.0646 e. The highest BCUT2D eigenvalue weighted by atomic mass is 79.9. The Morgan fingerprint density at radius 1 is 1.09 bits per heavy atom. The van der Waals surface area contributed by atoms with Gasteiger partial charge < -0.3 is 5.32 Å². The lowest BCUT2D eigenvalue weighted by Gasteiger charge is -2.14. The highest BCUT2D eigenvalue weighted by molar-refractivity contribution is 9.10. The van der Waals surface area contributed by atoms with Crippen molar-refractivity contribution in [1.82, 2.24) is 4.90 Å². The normalized spacial score (nSPS) is 18.1. The molecular weight excluding hydrogens is 350 g/mol. The molecule has 2 aromatic carbocycles. The summed E-state index contributed by atoms with van der Waals surface area (Å²) in [7, 11) is 2.16. The van der Waals surface area contributed by atoms with E-state index in [9.17, 15) is 0 Å². The van der Waals surface area contributed by atoms with Crippen molar-refractivity contribution in [2.75, 3.05) is 12.4 Å². The third-order valence-corrected chi connectivity index (χ3v) is 4.85. The van der Waals surface area contributed by atoms with Gasteiger partial charge in [-0.3, -0.25) is 9.89 Å². The van der Waals surface area contributed by atoms with Gasteiger partial charge in [0.25, 0.3) is 0 Å². The molecule has 2 aliphatic heterocycles. The number of anilines is 1. The van der Waals surface area contributed by atoms with E-state index >= 15 is 0 Å². The second kappa shape index (κ2) is 5.95. The summed E-state index contributed by atoms with van der Waals surface area (Å²) in [5.41, 5.74) is 7.59. The van der Waals surface area contributed by atoms with Crippen molar-refractivity contribution in [3.8, 4) is 0 Å². The van der Waals surface area contributed by atoms with E-state index in [1.165, 1.54) is 22.3 Å². The molecule has 1 N–H and O–H groups in total. The minimum atomic E-state index is 0.755. The first kappa shape index (κ1) is 14.7. The van der Waals surface area contributed by atoms with Crippen LogP contribution in [0, 0.1) is 0 Å². The van der Waals surface area contributed by atoms with Crippen LogP contribution in [0.25, 0.3) is 5.57 Å². The molecule has 0 atom stereocenters. The van der Waals surface area contributed by atoms with E-state index in [4.69, 9.17) is 0 Å². The van der Waals surface area contributed by atoms with Gasteiger partial charge in [-0.2, -0.15) is 0 Å². The van der Waals surface area contributed by atoms with Gasteiger partial charge >= 0.3 is 0 Å². The molecule has 0 bridgehead atoms. The summed E-state index contributed by atoms with van der Waals surface area (Å²) in [5, 5.41) is 3.43. The number of fused-ring (bicyclic) bond motifs is 2. The second-order valence-electron chi connectivity index (χ2n) is 6.17. The number of halogens is 1. The van der Waals surface area contributed by atoms with Crippen molar-refractivity contribution in [2.24, 2.45) is 4.99 Å². The summed E-state index contributed by atoms with van der Waals surface area (Å²) < 4.78 is 1.10. The van der Waals surface area contributed by atoms with Gasteiger partial charge in [0.1, 0.15) is 0 Å². The number of benzene rings is 2. The summed E-state index contributed by atoms with van der Waals surface area (Å²) in [6, 6.07) is 13.0. The van der Waals surface area contributed by atoms with E-state index in [0.717, 1.165) is 35.4 Å². The maximum atomic E-state index is 4.45. The van der Waals surface area contributed by atoms with E-state index in [1.54, 1.807) is 0 Å². The van der Waals surface area contributed by atoms with Crippen LogP contribution in [0.2, 0.25) is 0 Å². The Morgan fingerprint density at radius 2 is 1.91 bits per heavy atom. The number of hydrogen-bond donors (Lipinski definition) is 1. The van der Waals surface area contributed by atoms with Crippen molar-refractivity contribution in [3.05, 3.63) is 69.3 Å². The molecule has 0 fully saturated rings. The molecule has 0 radical (unpaired) electrons. The van der Waals surface area contributed by atoms with Crippen LogP contribution in [-0.2, 0) is 19.6 Å². The van der Waals surface area contributed by atoms with Gasteiger partial charge in [0.05, 0.1) is 6.54 Å². The predicted molar refractivity (Wildman–Crippen MR) is 99.6 cm³/mol. The molecule has 0 amide bonds. The topological polar surface area (TPSA) is 27.6 Å². The molecule has 2 aliphatic rings. The Bertz CT molecular complexity index is 823. The zero-order valence-electron chi connectivity index (χ0n) is 13.0. The Hall–Kier alpha value is -1.91. The molecule has 4 rings (SSSR count). The molecule has 2 heterocycles. The van der Waals surface area contributed by atoms with Crippen LogP contribution in [0.5, 0.6) is 0 Å². The number of rotatable bonds is 2. The molecule has 0 aliphatic carbocycles. The second-order valence-corrected chi connectivity index (χ2v) is 7.09. The van der Waals surface area contributed by atoms with Crippen LogP contribution in [0.1, 0.15) is 22.3 Å². The fourth-order valence-electron chi connectivity index (χ4n) is 3.20. The Kier molecular flexibility index (Phi) is 3.79. The summed E-state index contributed by atoms with van der Waals surface area (Å²) in [4.78, 5) is 6.78. The first-order valence-corrected chi connectivity index (χ1v) is 8.54. The zero-order valence-corrected chi connectivity index (χ0v) is 14.6. The SMILES string of the molecule is CN1Cc2ccc(N/C=C3\C=NCc4ccc(Br)cc43)cc2C1. The number of hydrogen-bond acceptors (Lipinski definition) is 3. The standard InChI is InChI=1S/C19H18BrN3/c1-23-11-14-3-5-18(6-15(14)12-23)22-10-16-9-21-8-13-2-4-17(20)7-19(13)16/h2-7,9-10,22H,8,11-12H2,1H3/b16-10+. The highest BCUT2D eigenvalue weighted by Crippen LogP contribution is 2.28. The van der Waals surface area contributed by atoms with E-state index in [-0.39, 0.29) is 0 Å². The van der Waals surface area contributed by atoms with Crippen molar-refractivity contribution in [1.29, 1.82) is 0 Å². The van der Waals surface area contributed by atoms with Gasteiger partial charge in [-0.25, -0.2) is 0 Å². The molecule has 0 saturated heterocycles. The lowest BCUT2D eigenvalue weighted by Crippen LogP contribution is -2.07. The van der Waals surface area contributed by atoms with Crippen molar-refractivity contribution in [2.45, 2.75) is 19.6 Å². The van der Waals surface area contributed by atoms with Crippen molar-refractivity contribution < 1.29 is 0 Å². The maximum absolute atomic E-state index is 4.45. The van der Waals surface area contributed by atoms with Gasteiger partial charge in [-0.1, -0.05) is 28.1 Å². The van der Waals surface area contributed by atoms with Gasteiger partial charge in [0, 0.05) is 41.2 Å². The molecule has 4 heteroatoms. The number of aliphatic imine (C=N–C) groups is 1. The average molecular weight is 368 g/mol. The van der Waals surface area contributed by atoms with Gasteiger partial charge in [0.2, 0.25) is 0 Å². The minimum Gasteiger partial charge on any atom is -0.361 e. The number of nitrogens with zero attached hydrogens (tertiary/aromatic N) is 2. The number of allylic oxidation sites excluding steroid dienone is 1. The number of nitrogens with one attached hydrogen (secondary N) is 1. The summed E-state index contributed by atoms with van der Waals surface area (Å²) in [5.74, 6) is 0. The van der Waals surface area contributed by atoms with Crippen LogP contribution < -0.4 is 5.32 Å². The minimum absolute atomic E-state index is 0.755. The molecule has 116 valence electrons. The Balaban J connectivity index is 1.60. The third-order valence-electron chi connectivity index (χ3n) is 4.36. The van der Waals surface area contributed by atoms with E-state index in [2.05, 4.69) is 74.6 Å². The summed E-state index contributed by atoms with van der Waals surface area (Å²) >= 11 is 3.56. The van der Waals surface area contributed by atoms with Crippen molar-refractivity contribution in [3.63, 3.8) is 0 Å². The van der Waals surface area contributed by atoms with Crippen molar-refractivity contribution >= 4 is 33.4 Å². The molecule has 0 spiro atoms. The average Bonchev–Trinajstić information content (AvgIpc) is 2.92.